The van der Waals surface area contributed by atoms with Gasteiger partial charge in [0.2, 0.25) is 0 Å². The Labute approximate surface area is 70.0 Å². The Bertz CT molecular complexity index is 175. The Hall–Kier alpha value is -0.720. The van der Waals surface area contributed by atoms with Gasteiger partial charge in [-0.2, -0.15) is 0 Å². The van der Waals surface area contributed by atoms with Gasteiger partial charge in [-0.25, -0.2) is 0 Å². The molecule has 0 heterocycles. The van der Waals surface area contributed by atoms with Crippen molar-refractivity contribution >= 4 is 0 Å². The van der Waals surface area contributed by atoms with Gasteiger partial charge in [0, 0.05) is 5.70 Å². The second-order valence-corrected chi connectivity index (χ2v) is 2.80. The maximum absolute atomic E-state index is 5.79. The van der Waals surface area contributed by atoms with E-state index in [-0.39, 0.29) is 0 Å². The summed E-state index contributed by atoms with van der Waals surface area (Å²) in [6.07, 6.45) is 4.23. The van der Waals surface area contributed by atoms with Crippen LogP contribution < -0.4 is 5.73 Å². The highest BCUT2D eigenvalue weighted by Crippen LogP contribution is 2.12. The first-order chi connectivity index (χ1) is 5.13. The predicted octanol–water partition coefficient (Wildman–Crippen LogP) is 2.99. The molecule has 0 aliphatic rings. The number of rotatable bonds is 3. The highest BCUT2D eigenvalue weighted by Gasteiger charge is 1.96. The van der Waals surface area contributed by atoms with Gasteiger partial charge >= 0.3 is 0 Å². The zero-order valence-electron chi connectivity index (χ0n) is 8.07. The lowest BCUT2D eigenvalue weighted by molar-refractivity contribution is 1.02. The molecule has 0 aliphatic carbocycles. The molecule has 0 atom stereocenters. The van der Waals surface area contributed by atoms with Gasteiger partial charge in [-0.05, 0) is 32.3 Å². The Morgan fingerprint density at radius 2 is 1.82 bits per heavy atom. The van der Waals surface area contributed by atoms with E-state index >= 15 is 0 Å². The molecule has 0 spiro atoms. The highest BCUT2D eigenvalue weighted by molar-refractivity contribution is 5.30. The minimum Gasteiger partial charge on any atom is -0.402 e. The first-order valence-electron chi connectivity index (χ1n) is 4.25. The average molecular weight is 153 g/mol. The summed E-state index contributed by atoms with van der Waals surface area (Å²) in [6, 6.07) is 0. The van der Waals surface area contributed by atoms with Crippen LogP contribution in [0, 0.1) is 0 Å². The molecule has 64 valence electrons. The minimum absolute atomic E-state index is 0.945. The summed E-state index contributed by atoms with van der Waals surface area (Å²) >= 11 is 0. The van der Waals surface area contributed by atoms with E-state index in [0.717, 1.165) is 18.5 Å². The van der Waals surface area contributed by atoms with Crippen molar-refractivity contribution in [2.75, 3.05) is 0 Å². The van der Waals surface area contributed by atoms with Crippen molar-refractivity contribution < 1.29 is 0 Å². The second kappa shape index (κ2) is 5.00. The first-order valence-corrected chi connectivity index (χ1v) is 4.25. The van der Waals surface area contributed by atoms with E-state index in [4.69, 9.17) is 5.73 Å². The van der Waals surface area contributed by atoms with Crippen LogP contribution in [0.1, 0.15) is 40.5 Å². The molecule has 0 aromatic rings. The van der Waals surface area contributed by atoms with Crippen LogP contribution in [0.2, 0.25) is 0 Å². The van der Waals surface area contributed by atoms with Gasteiger partial charge in [-0.15, -0.1) is 0 Å². The molecule has 0 unspecified atom stereocenters. The maximum atomic E-state index is 5.79. The van der Waals surface area contributed by atoms with Gasteiger partial charge in [0.05, 0.1) is 0 Å². The molecular formula is C10H19N. The molecule has 0 rings (SSSR count). The van der Waals surface area contributed by atoms with Gasteiger partial charge in [-0.3, -0.25) is 0 Å². The number of nitrogens with two attached hydrogens (primary N) is 1. The van der Waals surface area contributed by atoms with Crippen molar-refractivity contribution in [3.8, 4) is 0 Å². The fraction of sp³-hybridized carbons (Fsp3) is 0.600. The molecule has 0 bridgehead atoms. The summed E-state index contributed by atoms with van der Waals surface area (Å²) in [7, 11) is 0. The molecule has 0 aromatic carbocycles. The van der Waals surface area contributed by atoms with E-state index in [9.17, 15) is 0 Å². The monoisotopic (exact) mass is 153 g/mol. The van der Waals surface area contributed by atoms with Crippen molar-refractivity contribution in [2.24, 2.45) is 5.73 Å². The van der Waals surface area contributed by atoms with Crippen LogP contribution in [0.25, 0.3) is 0 Å². The summed E-state index contributed by atoms with van der Waals surface area (Å²) in [6.45, 7) is 8.42. The molecule has 0 aromatic heterocycles. The van der Waals surface area contributed by atoms with Crippen molar-refractivity contribution in [3.63, 3.8) is 0 Å². The van der Waals surface area contributed by atoms with Gasteiger partial charge in [0.1, 0.15) is 0 Å². The van der Waals surface area contributed by atoms with E-state index in [0.29, 0.717) is 0 Å². The van der Waals surface area contributed by atoms with Gasteiger partial charge in [0.25, 0.3) is 0 Å². The SMILES string of the molecule is CC/C=C(C)\C(C)=C(\N)CC. The molecule has 0 radical (unpaired) electrons. The van der Waals surface area contributed by atoms with Gasteiger partial charge in [0.15, 0.2) is 0 Å². The van der Waals surface area contributed by atoms with Crippen LogP contribution in [0.3, 0.4) is 0 Å². The van der Waals surface area contributed by atoms with Gasteiger partial charge < -0.3 is 5.73 Å². The fourth-order valence-electron chi connectivity index (χ4n) is 0.978. The molecular weight excluding hydrogens is 134 g/mol. The van der Waals surface area contributed by atoms with Crippen molar-refractivity contribution in [1.82, 2.24) is 0 Å². The zero-order valence-corrected chi connectivity index (χ0v) is 8.07. The predicted molar refractivity (Wildman–Crippen MR) is 51.2 cm³/mol. The Morgan fingerprint density at radius 1 is 1.27 bits per heavy atom. The molecule has 0 saturated heterocycles. The van der Waals surface area contributed by atoms with Crippen LogP contribution >= 0.6 is 0 Å². The molecule has 11 heavy (non-hydrogen) atoms. The first kappa shape index (κ1) is 10.3. The summed E-state index contributed by atoms with van der Waals surface area (Å²) in [4.78, 5) is 0. The highest BCUT2D eigenvalue weighted by atomic mass is 14.6. The van der Waals surface area contributed by atoms with Crippen LogP contribution in [-0.4, -0.2) is 0 Å². The van der Waals surface area contributed by atoms with E-state index in [1.54, 1.807) is 0 Å². The van der Waals surface area contributed by atoms with E-state index < -0.39 is 0 Å². The maximum Gasteiger partial charge on any atom is 0.0110 e. The Morgan fingerprint density at radius 3 is 2.18 bits per heavy atom. The average Bonchev–Trinajstić information content (AvgIpc) is 2.02. The quantitative estimate of drug-likeness (QED) is 0.620. The standard InChI is InChI=1S/C10H19N/c1-5-7-8(3)9(4)10(11)6-2/h7H,5-6,11H2,1-4H3/b8-7-,10-9+. The second-order valence-electron chi connectivity index (χ2n) is 2.80. The number of hydrogen-bond donors (Lipinski definition) is 1. The molecule has 1 nitrogen and oxygen atoms in total. The van der Waals surface area contributed by atoms with Crippen molar-refractivity contribution in [1.29, 1.82) is 0 Å². The Balaban J connectivity index is 4.46. The fourth-order valence-corrected chi connectivity index (χ4v) is 0.978. The lowest BCUT2D eigenvalue weighted by Crippen LogP contribution is -1.99. The van der Waals surface area contributed by atoms with Crippen LogP contribution in [0.15, 0.2) is 22.9 Å². The van der Waals surface area contributed by atoms with Crippen LogP contribution in [0.4, 0.5) is 0 Å². The van der Waals surface area contributed by atoms with Crippen molar-refractivity contribution in [3.05, 3.63) is 22.9 Å². The zero-order chi connectivity index (χ0) is 8.85. The third-order valence-corrected chi connectivity index (χ3v) is 1.96. The smallest absolute Gasteiger partial charge is 0.0110 e. The molecule has 1 heteroatoms. The van der Waals surface area contributed by atoms with Gasteiger partial charge in [-0.1, -0.05) is 25.5 Å². The molecule has 0 fully saturated rings. The minimum atomic E-state index is 0.945. The molecule has 0 aliphatic heterocycles. The molecule has 2 N–H and O–H groups in total. The van der Waals surface area contributed by atoms with Crippen LogP contribution in [-0.2, 0) is 0 Å². The van der Waals surface area contributed by atoms with Crippen LogP contribution in [0.5, 0.6) is 0 Å². The van der Waals surface area contributed by atoms with E-state index in [1.807, 2.05) is 0 Å². The lowest BCUT2D eigenvalue weighted by atomic mass is 10.1. The third-order valence-electron chi connectivity index (χ3n) is 1.96. The lowest BCUT2D eigenvalue weighted by Gasteiger charge is -2.05. The summed E-state index contributed by atoms with van der Waals surface area (Å²) < 4.78 is 0. The third kappa shape index (κ3) is 3.26. The summed E-state index contributed by atoms with van der Waals surface area (Å²) in [5, 5.41) is 0. The van der Waals surface area contributed by atoms with E-state index in [1.165, 1.54) is 11.1 Å². The Kier molecular flexibility index (Phi) is 4.67. The van der Waals surface area contributed by atoms with Crippen molar-refractivity contribution in [2.45, 2.75) is 40.5 Å². The number of hydrogen-bond acceptors (Lipinski definition) is 1. The topological polar surface area (TPSA) is 26.0 Å². The largest absolute Gasteiger partial charge is 0.402 e. The van der Waals surface area contributed by atoms with E-state index in [2.05, 4.69) is 33.8 Å². The molecule has 0 saturated carbocycles. The summed E-state index contributed by atoms with van der Waals surface area (Å²) in [5.41, 5.74) is 9.35. The summed E-state index contributed by atoms with van der Waals surface area (Å²) in [5.74, 6) is 0. The molecule has 0 amide bonds. The number of allylic oxidation sites excluding steroid dienone is 4. The normalized spacial score (nSPS) is 14.7.